The van der Waals surface area contributed by atoms with Crippen LogP contribution in [0.4, 0.5) is 5.69 Å². The van der Waals surface area contributed by atoms with Crippen LogP contribution in [-0.4, -0.2) is 20.8 Å². The molecule has 0 aliphatic carbocycles. The van der Waals surface area contributed by atoms with E-state index in [0.29, 0.717) is 11.4 Å². The monoisotopic (exact) mass is 181 g/mol. The number of nitrogens with zero attached hydrogens (tertiary/aromatic N) is 3. The molecular weight excluding hydrogens is 174 g/mol. The van der Waals surface area contributed by atoms with Gasteiger partial charge in [0.2, 0.25) is 0 Å². The Hall–Kier alpha value is -1.98. The highest BCUT2D eigenvalue weighted by molar-refractivity contribution is 5.96. The summed E-state index contributed by atoms with van der Waals surface area (Å²) in [6, 6.07) is 2.73. The zero-order chi connectivity index (χ0) is 9.84. The molecule has 0 aliphatic rings. The maximum Gasteiger partial charge on any atom is 0.287 e. The van der Waals surface area contributed by atoms with Gasteiger partial charge in [0.25, 0.3) is 5.69 Å². The summed E-state index contributed by atoms with van der Waals surface area (Å²) in [6.45, 7) is 1.55. The van der Waals surface area contributed by atoms with Gasteiger partial charge in [-0.05, 0) is 13.0 Å². The van der Waals surface area contributed by atoms with Crippen molar-refractivity contribution < 1.29 is 10.1 Å². The van der Waals surface area contributed by atoms with Crippen LogP contribution >= 0.6 is 0 Å². The largest absolute Gasteiger partial charge is 0.411 e. The van der Waals surface area contributed by atoms with Crippen LogP contribution in [0, 0.1) is 10.1 Å². The average molecular weight is 181 g/mol. The number of aromatic nitrogens is 1. The maximum absolute atomic E-state index is 10.2. The highest BCUT2D eigenvalue weighted by Crippen LogP contribution is 2.08. The SMILES string of the molecule is C/C(=N/O)c1ccc([N+](=O)[O-])cn1. The summed E-state index contributed by atoms with van der Waals surface area (Å²) in [6.07, 6.45) is 1.12. The number of rotatable bonds is 2. The molecule has 0 atom stereocenters. The summed E-state index contributed by atoms with van der Waals surface area (Å²) in [5.74, 6) is 0. The predicted octanol–water partition coefficient (Wildman–Crippen LogP) is 1.19. The number of pyridine rings is 1. The second kappa shape index (κ2) is 3.61. The van der Waals surface area contributed by atoms with Gasteiger partial charge in [-0.2, -0.15) is 0 Å². The normalized spacial score (nSPS) is 11.3. The van der Waals surface area contributed by atoms with Crippen LogP contribution in [0.25, 0.3) is 0 Å². The summed E-state index contributed by atoms with van der Waals surface area (Å²) < 4.78 is 0. The van der Waals surface area contributed by atoms with Crippen LogP contribution in [-0.2, 0) is 0 Å². The first-order valence-corrected chi connectivity index (χ1v) is 3.44. The minimum absolute atomic E-state index is 0.0884. The van der Waals surface area contributed by atoms with E-state index in [4.69, 9.17) is 5.21 Å². The molecule has 68 valence electrons. The third-order valence-corrected chi connectivity index (χ3v) is 1.48. The summed E-state index contributed by atoms with van der Waals surface area (Å²) in [7, 11) is 0. The second-order valence-corrected chi connectivity index (χ2v) is 2.34. The number of oxime groups is 1. The van der Waals surface area contributed by atoms with Crippen molar-refractivity contribution in [3.63, 3.8) is 0 Å². The standard InChI is InChI=1S/C7H7N3O3/c1-5(9-11)7-3-2-6(4-8-7)10(12)13/h2-4,11H,1H3/b9-5-. The van der Waals surface area contributed by atoms with E-state index in [2.05, 4.69) is 10.1 Å². The van der Waals surface area contributed by atoms with E-state index in [1.54, 1.807) is 6.92 Å². The Morgan fingerprint density at radius 1 is 1.69 bits per heavy atom. The molecule has 0 saturated heterocycles. The van der Waals surface area contributed by atoms with Crippen molar-refractivity contribution in [3.05, 3.63) is 34.1 Å². The third-order valence-electron chi connectivity index (χ3n) is 1.48. The zero-order valence-corrected chi connectivity index (χ0v) is 6.84. The van der Waals surface area contributed by atoms with E-state index >= 15 is 0 Å². The highest BCUT2D eigenvalue weighted by Gasteiger charge is 2.06. The van der Waals surface area contributed by atoms with Gasteiger partial charge in [0.15, 0.2) is 0 Å². The van der Waals surface area contributed by atoms with Crippen molar-refractivity contribution >= 4 is 11.4 Å². The van der Waals surface area contributed by atoms with Crippen LogP contribution < -0.4 is 0 Å². The van der Waals surface area contributed by atoms with Crippen molar-refractivity contribution in [2.24, 2.45) is 5.16 Å². The third kappa shape index (κ3) is 1.98. The Balaban J connectivity index is 3.00. The lowest BCUT2D eigenvalue weighted by molar-refractivity contribution is -0.385. The lowest BCUT2D eigenvalue weighted by Crippen LogP contribution is -1.98. The van der Waals surface area contributed by atoms with Crippen LogP contribution in [0.1, 0.15) is 12.6 Å². The molecular formula is C7H7N3O3. The Morgan fingerprint density at radius 2 is 2.38 bits per heavy atom. The van der Waals surface area contributed by atoms with E-state index in [1.807, 2.05) is 0 Å². The molecule has 1 rings (SSSR count). The minimum Gasteiger partial charge on any atom is -0.411 e. The highest BCUT2D eigenvalue weighted by atomic mass is 16.6. The molecule has 0 fully saturated rings. The smallest absolute Gasteiger partial charge is 0.287 e. The first-order chi connectivity index (χ1) is 6.15. The Morgan fingerprint density at radius 3 is 2.77 bits per heavy atom. The minimum atomic E-state index is -0.539. The molecule has 0 unspecified atom stereocenters. The molecule has 13 heavy (non-hydrogen) atoms. The summed E-state index contributed by atoms with van der Waals surface area (Å²) in [5.41, 5.74) is 0.637. The van der Waals surface area contributed by atoms with Crippen LogP contribution in [0.15, 0.2) is 23.5 Å². The fourth-order valence-corrected chi connectivity index (χ4v) is 0.759. The topological polar surface area (TPSA) is 88.6 Å². The molecule has 6 heteroatoms. The van der Waals surface area contributed by atoms with E-state index < -0.39 is 4.92 Å². The maximum atomic E-state index is 10.2. The van der Waals surface area contributed by atoms with Crippen molar-refractivity contribution in [1.82, 2.24) is 4.98 Å². The van der Waals surface area contributed by atoms with E-state index in [0.717, 1.165) is 6.20 Å². The Kier molecular flexibility index (Phi) is 2.53. The second-order valence-electron chi connectivity index (χ2n) is 2.34. The molecule has 6 nitrogen and oxygen atoms in total. The van der Waals surface area contributed by atoms with Gasteiger partial charge in [0, 0.05) is 6.07 Å². The summed E-state index contributed by atoms with van der Waals surface area (Å²) >= 11 is 0. The number of hydrogen-bond acceptors (Lipinski definition) is 5. The summed E-state index contributed by atoms with van der Waals surface area (Å²) in [5, 5.41) is 21.5. The Bertz CT molecular complexity index is 345. The zero-order valence-electron chi connectivity index (χ0n) is 6.84. The van der Waals surface area contributed by atoms with Gasteiger partial charge in [-0.25, -0.2) is 4.98 Å². The lowest BCUT2D eigenvalue weighted by atomic mass is 10.2. The van der Waals surface area contributed by atoms with Gasteiger partial charge >= 0.3 is 0 Å². The molecule has 1 heterocycles. The first kappa shape index (κ1) is 9.11. The van der Waals surface area contributed by atoms with E-state index in [-0.39, 0.29) is 5.69 Å². The fourth-order valence-electron chi connectivity index (χ4n) is 0.759. The molecule has 0 bridgehead atoms. The van der Waals surface area contributed by atoms with Crippen molar-refractivity contribution in [2.75, 3.05) is 0 Å². The van der Waals surface area contributed by atoms with Crippen LogP contribution in [0.5, 0.6) is 0 Å². The molecule has 0 spiro atoms. The molecule has 1 aromatic heterocycles. The van der Waals surface area contributed by atoms with Crippen LogP contribution in [0.3, 0.4) is 0 Å². The Labute approximate surface area is 73.7 Å². The molecule has 0 aliphatic heterocycles. The fraction of sp³-hybridized carbons (Fsp3) is 0.143. The van der Waals surface area contributed by atoms with E-state index in [1.165, 1.54) is 12.1 Å². The number of hydrogen-bond donors (Lipinski definition) is 1. The quantitative estimate of drug-likeness (QED) is 0.321. The molecule has 0 saturated carbocycles. The molecule has 1 aromatic rings. The van der Waals surface area contributed by atoms with E-state index in [9.17, 15) is 10.1 Å². The van der Waals surface area contributed by atoms with Gasteiger partial charge in [-0.1, -0.05) is 5.16 Å². The van der Waals surface area contributed by atoms with Gasteiger partial charge in [0.1, 0.15) is 11.9 Å². The van der Waals surface area contributed by atoms with Gasteiger partial charge in [-0.15, -0.1) is 0 Å². The van der Waals surface area contributed by atoms with Crippen molar-refractivity contribution in [2.45, 2.75) is 6.92 Å². The lowest BCUT2D eigenvalue weighted by Gasteiger charge is -1.95. The average Bonchev–Trinajstić information content (AvgIpc) is 2.17. The van der Waals surface area contributed by atoms with Crippen molar-refractivity contribution in [1.29, 1.82) is 0 Å². The first-order valence-electron chi connectivity index (χ1n) is 3.44. The van der Waals surface area contributed by atoms with Crippen LogP contribution in [0.2, 0.25) is 0 Å². The number of nitro groups is 1. The van der Waals surface area contributed by atoms with Gasteiger partial charge < -0.3 is 5.21 Å². The summed E-state index contributed by atoms with van der Waals surface area (Å²) in [4.78, 5) is 13.4. The van der Waals surface area contributed by atoms with Crippen molar-refractivity contribution in [3.8, 4) is 0 Å². The molecule has 1 N–H and O–H groups in total. The molecule has 0 amide bonds. The predicted molar refractivity (Wildman–Crippen MR) is 44.9 cm³/mol. The molecule has 0 aromatic carbocycles. The van der Waals surface area contributed by atoms with Gasteiger partial charge in [0.05, 0.1) is 10.6 Å². The van der Waals surface area contributed by atoms with Gasteiger partial charge in [-0.3, -0.25) is 10.1 Å². The molecule has 0 radical (unpaired) electrons.